The molecule has 0 rings (SSSR count). The van der Waals surface area contributed by atoms with Crippen molar-refractivity contribution in [2.75, 3.05) is 6.54 Å². The average molecular weight is 495 g/mol. The van der Waals surface area contributed by atoms with E-state index in [1.165, 1.54) is 0 Å². The van der Waals surface area contributed by atoms with Gasteiger partial charge in [-0.25, -0.2) is 0 Å². The van der Waals surface area contributed by atoms with Gasteiger partial charge in [0.05, 0.1) is 0 Å². The van der Waals surface area contributed by atoms with Crippen molar-refractivity contribution in [2.24, 2.45) is 0 Å². The first-order chi connectivity index (χ1) is 13.1. The number of aliphatic carboxylic acids is 1. The fourth-order valence-electron chi connectivity index (χ4n) is 1.80. The van der Waals surface area contributed by atoms with Crippen LogP contribution in [-0.2, 0) is 9.59 Å². The fourth-order valence-corrected chi connectivity index (χ4v) is 1.80. The van der Waals surface area contributed by atoms with Crippen LogP contribution in [-0.4, -0.2) is 59.3 Å². The maximum absolute atomic E-state index is 13.4. The largest absolute Gasteiger partial charge is 0.481 e. The van der Waals surface area contributed by atoms with Gasteiger partial charge in [-0.2, -0.15) is 57.1 Å². The van der Waals surface area contributed by atoms with Crippen LogP contribution in [0.4, 0.5) is 57.1 Å². The molecule has 186 valence electrons. The molecule has 0 aliphatic heterocycles. The summed E-state index contributed by atoms with van der Waals surface area (Å²) in [5.41, 5.74) is 0. The average Bonchev–Trinajstić information content (AvgIpc) is 2.55. The van der Waals surface area contributed by atoms with Gasteiger partial charge in [-0.15, -0.1) is 0 Å². The maximum Gasteiger partial charge on any atom is 0.460 e. The van der Waals surface area contributed by atoms with Crippen molar-refractivity contribution in [3.05, 3.63) is 0 Å². The first-order valence-corrected chi connectivity index (χ1v) is 7.55. The second kappa shape index (κ2) is 9.64. The molecule has 0 aromatic rings. The molecule has 31 heavy (non-hydrogen) atoms. The van der Waals surface area contributed by atoms with E-state index in [9.17, 15) is 66.7 Å². The van der Waals surface area contributed by atoms with Crippen molar-refractivity contribution >= 4 is 11.9 Å². The van der Waals surface area contributed by atoms with E-state index in [1.807, 2.05) is 0 Å². The first kappa shape index (κ1) is 31.2. The number of rotatable bonds is 11. The number of halogens is 13. The monoisotopic (exact) mass is 495 g/mol. The lowest BCUT2D eigenvalue weighted by Crippen LogP contribution is -2.72. The second-order valence-electron chi connectivity index (χ2n) is 5.83. The number of carboxylic acids is 1. The van der Waals surface area contributed by atoms with Crippen LogP contribution in [0.2, 0.25) is 0 Å². The lowest BCUT2D eigenvalue weighted by atomic mass is 9.93. The van der Waals surface area contributed by atoms with Gasteiger partial charge in [-0.05, 0) is 12.8 Å². The summed E-state index contributed by atoms with van der Waals surface area (Å²) in [6, 6.07) is 0. The van der Waals surface area contributed by atoms with Gasteiger partial charge in [0.15, 0.2) is 0 Å². The van der Waals surface area contributed by atoms with Crippen LogP contribution in [0.25, 0.3) is 0 Å². The highest BCUT2D eigenvalue weighted by Gasteiger charge is 2.91. The Morgan fingerprint density at radius 3 is 1.45 bits per heavy atom. The van der Waals surface area contributed by atoms with Crippen LogP contribution in [0.5, 0.6) is 0 Å². The Morgan fingerprint density at radius 1 is 0.645 bits per heavy atom. The number of hydrogen-bond donors (Lipinski definition) is 3. The minimum absolute atomic E-state index is 0. The molecule has 0 saturated carbocycles. The summed E-state index contributed by atoms with van der Waals surface area (Å²) >= 11 is 0. The fraction of sp³-hybridized carbons (Fsp3) is 0.846. The van der Waals surface area contributed by atoms with Gasteiger partial charge in [0, 0.05) is 13.0 Å². The second-order valence-corrected chi connectivity index (χ2v) is 5.83. The zero-order valence-corrected chi connectivity index (χ0v) is 15.2. The van der Waals surface area contributed by atoms with E-state index in [4.69, 9.17) is 5.11 Å². The predicted molar refractivity (Wildman–Crippen MR) is 75.9 cm³/mol. The summed E-state index contributed by atoms with van der Waals surface area (Å²) in [7, 11) is 0. The van der Waals surface area contributed by atoms with E-state index >= 15 is 0 Å². The molecule has 0 saturated heterocycles. The molecular weight excluding hydrogens is 479 g/mol. The summed E-state index contributed by atoms with van der Waals surface area (Å²) in [5, 5.41) is 9.20. The number of quaternary nitrogens is 1. The molecule has 0 bridgehead atoms. The molecule has 0 aliphatic carbocycles. The van der Waals surface area contributed by atoms with Crippen LogP contribution in [0, 0.1) is 0 Å². The Kier molecular flexibility index (Phi) is 9.70. The Labute approximate surface area is 164 Å². The molecule has 0 atom stereocenters. The molecule has 0 fully saturated rings. The minimum Gasteiger partial charge on any atom is -0.481 e. The molecule has 6 N–H and O–H groups in total. The van der Waals surface area contributed by atoms with E-state index < -0.39 is 60.6 Å². The highest BCUT2D eigenvalue weighted by molar-refractivity contribution is 5.84. The molecule has 18 heteroatoms. The molecule has 1 amide bonds. The number of carbonyl (C=O) groups excluding carboxylic acids is 1. The summed E-state index contributed by atoms with van der Waals surface area (Å²) in [5.74, 6) is -43.1. The maximum atomic E-state index is 13.4. The normalized spacial score (nSPS) is 14.1. The molecule has 0 spiro atoms. The first-order valence-electron chi connectivity index (χ1n) is 7.55. The zero-order chi connectivity index (χ0) is 24.4. The van der Waals surface area contributed by atoms with E-state index in [-0.39, 0.29) is 25.4 Å². The van der Waals surface area contributed by atoms with E-state index in [2.05, 4.69) is 0 Å². The Hall–Kier alpha value is -2.01. The smallest absolute Gasteiger partial charge is 0.460 e. The third-order valence-corrected chi connectivity index (χ3v) is 3.57. The minimum atomic E-state index is -8.07. The van der Waals surface area contributed by atoms with Crippen molar-refractivity contribution < 1.29 is 71.8 Å². The van der Waals surface area contributed by atoms with Crippen LogP contribution < -0.4 is 11.5 Å². The SMILES string of the molecule is O=C(O)CCCCCNC(=O)C(F)(F)C(F)(F)C(F)(F)C(F)(F)C(F)(F)C(F)(F)F.[NH4+]. The van der Waals surface area contributed by atoms with Gasteiger partial charge >= 0.3 is 41.8 Å². The number of carbonyl (C=O) groups is 2. The van der Waals surface area contributed by atoms with Crippen molar-refractivity contribution in [2.45, 2.75) is 61.5 Å². The highest BCUT2D eigenvalue weighted by atomic mass is 19.4. The standard InChI is InChI=1S/C13H12F13NO3.H3N/c14-8(15,7(30)27-5-3-1-2-4-6(28)29)9(16,17)10(18,19)11(20,21)12(22,23)13(24,25)26;/h1-5H2,(H,27,30)(H,28,29);1H3/p+1. The van der Waals surface area contributed by atoms with Crippen molar-refractivity contribution in [3.8, 4) is 0 Å². The molecular formula is C13H16F13N2O3+. The summed E-state index contributed by atoms with van der Waals surface area (Å²) in [4.78, 5) is 21.2. The van der Waals surface area contributed by atoms with Gasteiger partial charge in [-0.1, -0.05) is 6.42 Å². The molecule has 0 aromatic carbocycles. The Bertz CT molecular complexity index is 635. The molecule has 0 unspecified atom stereocenters. The van der Waals surface area contributed by atoms with Gasteiger partial charge < -0.3 is 16.6 Å². The van der Waals surface area contributed by atoms with Crippen LogP contribution in [0.3, 0.4) is 0 Å². The van der Waals surface area contributed by atoms with E-state index in [0.717, 1.165) is 5.32 Å². The summed E-state index contributed by atoms with van der Waals surface area (Å²) < 4.78 is 167. The number of alkyl halides is 13. The summed E-state index contributed by atoms with van der Waals surface area (Å²) in [6.07, 6.45) is -8.52. The molecule has 0 radical (unpaired) electrons. The number of unbranched alkanes of at least 4 members (excludes halogenated alkanes) is 2. The summed E-state index contributed by atoms with van der Waals surface area (Å²) in [6.45, 7) is -0.981. The van der Waals surface area contributed by atoms with Crippen molar-refractivity contribution in [1.29, 1.82) is 0 Å². The molecule has 0 heterocycles. The van der Waals surface area contributed by atoms with E-state index in [1.54, 1.807) is 0 Å². The topological polar surface area (TPSA) is 103 Å². The molecule has 5 nitrogen and oxygen atoms in total. The number of amides is 1. The highest BCUT2D eigenvalue weighted by Crippen LogP contribution is 2.60. The zero-order valence-electron chi connectivity index (χ0n) is 15.2. The van der Waals surface area contributed by atoms with Crippen LogP contribution in [0.1, 0.15) is 25.7 Å². The van der Waals surface area contributed by atoms with Crippen LogP contribution in [0.15, 0.2) is 0 Å². The van der Waals surface area contributed by atoms with Gasteiger partial charge in [-0.3, -0.25) is 9.59 Å². The molecule has 0 aromatic heterocycles. The number of carboxylic acid groups (broad SMARTS) is 1. The quantitative estimate of drug-likeness (QED) is 0.282. The van der Waals surface area contributed by atoms with Gasteiger partial charge in [0.25, 0.3) is 5.91 Å². The Morgan fingerprint density at radius 2 is 1.06 bits per heavy atom. The number of nitrogens with one attached hydrogen (secondary N) is 1. The van der Waals surface area contributed by atoms with Crippen molar-refractivity contribution in [3.63, 3.8) is 0 Å². The third-order valence-electron chi connectivity index (χ3n) is 3.57. The predicted octanol–water partition coefficient (Wildman–Crippen LogP) is 4.86. The van der Waals surface area contributed by atoms with Gasteiger partial charge in [0.1, 0.15) is 0 Å². The lowest BCUT2D eigenvalue weighted by Gasteiger charge is -2.39. The lowest BCUT2D eigenvalue weighted by molar-refractivity contribution is -0.436. The van der Waals surface area contributed by atoms with E-state index in [0.29, 0.717) is 0 Å². The third kappa shape index (κ3) is 5.62. The number of hydrogen-bond acceptors (Lipinski definition) is 2. The van der Waals surface area contributed by atoms with Crippen LogP contribution >= 0.6 is 0 Å². The Balaban J connectivity index is 0. The van der Waals surface area contributed by atoms with Crippen molar-refractivity contribution in [1.82, 2.24) is 11.5 Å². The van der Waals surface area contributed by atoms with Gasteiger partial charge in [0.2, 0.25) is 0 Å². The molecule has 0 aliphatic rings.